The molecule has 1 aromatic heterocycles. The Morgan fingerprint density at radius 3 is 2.65 bits per heavy atom. The van der Waals surface area contributed by atoms with E-state index in [2.05, 4.69) is 14.0 Å². The van der Waals surface area contributed by atoms with E-state index in [1.54, 1.807) is 0 Å². The lowest BCUT2D eigenvalue weighted by Gasteiger charge is -2.22. The van der Waals surface area contributed by atoms with Crippen LogP contribution in [-0.4, -0.2) is 52.1 Å². The smallest absolute Gasteiger partial charge is 0.383 e. The fraction of sp³-hybridized carbons (Fsp3) is 0.538. The number of halogens is 3. The van der Waals surface area contributed by atoms with Gasteiger partial charge in [-0.1, -0.05) is 0 Å². The summed E-state index contributed by atoms with van der Waals surface area (Å²) in [6, 6.07) is 1.22. The Morgan fingerprint density at radius 2 is 2.19 bits per heavy atom. The summed E-state index contributed by atoms with van der Waals surface area (Å²) >= 11 is 5.79. The van der Waals surface area contributed by atoms with Crippen LogP contribution in [0.1, 0.15) is 6.23 Å². The molecule has 3 N–H and O–H groups in total. The van der Waals surface area contributed by atoms with E-state index in [0.717, 1.165) is 25.0 Å². The Kier molecular flexibility index (Phi) is 4.54. The quantitative estimate of drug-likeness (QED) is 0.542. The first-order chi connectivity index (χ1) is 12.1. The molecule has 26 heavy (non-hydrogen) atoms. The minimum absolute atomic E-state index is 0.0941. The summed E-state index contributed by atoms with van der Waals surface area (Å²) in [7, 11) is -2.55. The zero-order valence-electron chi connectivity index (χ0n) is 13.6. The number of fused-ring (bicyclic) bond motifs is 1. The molecule has 0 spiro atoms. The standard InChI is InChI=1S/C13H15ClF2N3O6P/c1-23-26(22,24-2)9(16)7-12(5-14)13(7,21)8(15)10(25-12)19-4-3-6(17)18-11(19)20/h3-4,8,10,21H,5H2,1-2H3,(H2,17,18,20)/b9-7-/t8-,10+,12+,13-/m0/s1. The van der Waals surface area contributed by atoms with E-state index in [-0.39, 0.29) is 5.82 Å². The second kappa shape index (κ2) is 6.08. The zero-order chi connectivity index (χ0) is 19.5. The molecule has 1 saturated heterocycles. The molecule has 2 heterocycles. The van der Waals surface area contributed by atoms with Gasteiger partial charge in [-0.2, -0.15) is 9.37 Å². The Morgan fingerprint density at radius 1 is 1.58 bits per heavy atom. The molecule has 2 aliphatic rings. The van der Waals surface area contributed by atoms with E-state index in [9.17, 15) is 23.2 Å². The number of nitrogen functional groups attached to an aromatic ring is 1. The topological polar surface area (TPSA) is 126 Å². The third kappa shape index (κ3) is 2.25. The Balaban J connectivity index is 2.08. The Labute approximate surface area is 150 Å². The first kappa shape index (κ1) is 19.4. The van der Waals surface area contributed by atoms with Crippen LogP contribution in [0.4, 0.5) is 14.6 Å². The number of nitrogens with zero attached hydrogens (tertiary/aromatic N) is 2. The number of aromatic nitrogens is 2. The van der Waals surface area contributed by atoms with E-state index in [1.807, 2.05) is 0 Å². The molecular weight excluding hydrogens is 399 g/mol. The zero-order valence-corrected chi connectivity index (χ0v) is 15.2. The first-order valence-corrected chi connectivity index (χ1v) is 9.28. The molecule has 1 aliphatic carbocycles. The number of hydrogen-bond donors (Lipinski definition) is 2. The molecule has 2 fully saturated rings. The van der Waals surface area contributed by atoms with Crippen LogP contribution < -0.4 is 11.4 Å². The largest absolute Gasteiger partial charge is 0.389 e. The van der Waals surface area contributed by atoms with E-state index in [1.165, 1.54) is 6.07 Å². The molecule has 144 valence electrons. The van der Waals surface area contributed by atoms with Gasteiger partial charge in [0.1, 0.15) is 11.4 Å². The summed E-state index contributed by atoms with van der Waals surface area (Å²) in [5.74, 6) is -0.670. The molecule has 3 rings (SSSR count). The van der Waals surface area contributed by atoms with Crippen molar-refractivity contribution in [3.05, 3.63) is 33.9 Å². The lowest BCUT2D eigenvalue weighted by atomic mass is 10.1. The van der Waals surface area contributed by atoms with Crippen molar-refractivity contribution in [1.82, 2.24) is 9.55 Å². The number of rotatable bonds is 5. The van der Waals surface area contributed by atoms with Crippen LogP contribution in [-0.2, 0) is 18.3 Å². The normalized spacial score (nSPS) is 35.3. The maximum absolute atomic E-state index is 15.0. The van der Waals surface area contributed by atoms with Crippen LogP contribution in [0.3, 0.4) is 0 Å². The number of nitrogens with two attached hydrogens (primary N) is 1. The van der Waals surface area contributed by atoms with E-state index in [0.29, 0.717) is 0 Å². The summed E-state index contributed by atoms with van der Waals surface area (Å²) in [5.41, 5.74) is -2.30. The highest BCUT2D eigenvalue weighted by Crippen LogP contribution is 2.73. The van der Waals surface area contributed by atoms with Gasteiger partial charge in [-0.05, 0) is 6.07 Å². The summed E-state index contributed by atoms with van der Waals surface area (Å²) in [4.78, 5) is 15.3. The number of ether oxygens (including phenoxy) is 1. The van der Waals surface area contributed by atoms with Crippen LogP contribution in [0.5, 0.6) is 0 Å². The second-order valence-corrected chi connectivity index (χ2v) is 8.09. The number of aliphatic hydroxyl groups is 1. The van der Waals surface area contributed by atoms with Crippen molar-refractivity contribution in [2.75, 3.05) is 25.8 Å². The summed E-state index contributed by atoms with van der Waals surface area (Å²) < 4.78 is 57.1. The average Bonchev–Trinajstić information content (AvgIpc) is 3.08. The summed E-state index contributed by atoms with van der Waals surface area (Å²) in [6.45, 7) is 0. The monoisotopic (exact) mass is 413 g/mol. The molecule has 0 unspecified atom stereocenters. The highest BCUT2D eigenvalue weighted by molar-refractivity contribution is 7.58. The molecule has 9 nitrogen and oxygen atoms in total. The predicted octanol–water partition coefficient (Wildman–Crippen LogP) is 1.08. The van der Waals surface area contributed by atoms with Gasteiger partial charge in [0.05, 0.1) is 5.88 Å². The van der Waals surface area contributed by atoms with Crippen molar-refractivity contribution in [1.29, 1.82) is 0 Å². The number of alkyl halides is 2. The van der Waals surface area contributed by atoms with Gasteiger partial charge in [0, 0.05) is 26.0 Å². The molecule has 0 bridgehead atoms. The van der Waals surface area contributed by atoms with Crippen molar-refractivity contribution in [3.8, 4) is 0 Å². The molecule has 0 aromatic carbocycles. The number of anilines is 1. The van der Waals surface area contributed by atoms with Crippen LogP contribution in [0, 0.1) is 0 Å². The fourth-order valence-electron chi connectivity index (χ4n) is 3.14. The molecule has 4 atom stereocenters. The van der Waals surface area contributed by atoms with Gasteiger partial charge in [0.2, 0.25) is 5.57 Å². The fourth-order valence-corrected chi connectivity index (χ4v) is 4.63. The molecule has 0 amide bonds. The van der Waals surface area contributed by atoms with Gasteiger partial charge in [-0.15, -0.1) is 11.6 Å². The summed E-state index contributed by atoms with van der Waals surface area (Å²) in [6.07, 6.45) is -2.83. The molecule has 0 radical (unpaired) electrons. The summed E-state index contributed by atoms with van der Waals surface area (Å²) in [5, 5.41) is 10.7. The van der Waals surface area contributed by atoms with Crippen LogP contribution in [0.25, 0.3) is 0 Å². The SMILES string of the molecule is COP(=O)(OC)/C(F)=C1/[C@@]2(CCl)O[C@@H](n3ccc(N)nc3=O)[C@H](F)[C@@]12O. The molecule has 1 saturated carbocycles. The van der Waals surface area contributed by atoms with Crippen LogP contribution in [0.15, 0.2) is 28.2 Å². The third-order valence-electron chi connectivity index (χ3n) is 4.55. The average molecular weight is 414 g/mol. The highest BCUT2D eigenvalue weighted by atomic mass is 35.5. The predicted molar refractivity (Wildman–Crippen MR) is 86.1 cm³/mol. The van der Waals surface area contributed by atoms with Crippen LogP contribution >= 0.6 is 19.2 Å². The maximum atomic E-state index is 15.0. The van der Waals surface area contributed by atoms with Crippen molar-refractivity contribution in [2.45, 2.75) is 23.6 Å². The maximum Gasteiger partial charge on any atom is 0.389 e. The van der Waals surface area contributed by atoms with Crippen molar-refractivity contribution in [3.63, 3.8) is 0 Å². The Hall–Kier alpha value is -1.36. The van der Waals surface area contributed by atoms with Gasteiger partial charge < -0.3 is 24.6 Å². The van der Waals surface area contributed by atoms with E-state index >= 15 is 0 Å². The molecule has 1 aliphatic heterocycles. The molecule has 1 aromatic rings. The highest BCUT2D eigenvalue weighted by Gasteiger charge is 2.86. The second-order valence-electron chi connectivity index (χ2n) is 5.71. The van der Waals surface area contributed by atoms with Gasteiger partial charge in [0.15, 0.2) is 18.0 Å². The lowest BCUT2D eigenvalue weighted by molar-refractivity contribution is -0.0415. The number of hydrogen-bond acceptors (Lipinski definition) is 8. The van der Waals surface area contributed by atoms with E-state index < -0.39 is 53.9 Å². The van der Waals surface area contributed by atoms with Crippen LogP contribution in [0.2, 0.25) is 0 Å². The van der Waals surface area contributed by atoms with Gasteiger partial charge in [0.25, 0.3) is 0 Å². The van der Waals surface area contributed by atoms with E-state index in [4.69, 9.17) is 22.1 Å². The minimum atomic E-state index is -4.40. The lowest BCUT2D eigenvalue weighted by Crippen LogP contribution is -2.36. The van der Waals surface area contributed by atoms with Crippen molar-refractivity contribution < 1.29 is 32.2 Å². The molecular formula is C13H15ClF2N3O6P. The van der Waals surface area contributed by atoms with Gasteiger partial charge in [-0.25, -0.2) is 9.18 Å². The van der Waals surface area contributed by atoms with Gasteiger partial charge in [-0.3, -0.25) is 9.13 Å². The minimum Gasteiger partial charge on any atom is -0.383 e. The molecule has 13 heteroatoms. The Bertz CT molecular complexity index is 883. The third-order valence-corrected chi connectivity index (χ3v) is 6.59. The van der Waals surface area contributed by atoms with Gasteiger partial charge >= 0.3 is 13.3 Å². The van der Waals surface area contributed by atoms with Crippen molar-refractivity contribution in [2.24, 2.45) is 0 Å². The van der Waals surface area contributed by atoms with Crippen molar-refractivity contribution >= 4 is 25.0 Å². The first-order valence-electron chi connectivity index (χ1n) is 7.20.